The molecule has 5 heteroatoms. The van der Waals surface area contributed by atoms with E-state index < -0.39 is 0 Å². The lowest BCUT2D eigenvalue weighted by Gasteiger charge is -2.29. The van der Waals surface area contributed by atoms with Crippen LogP contribution in [0, 0.1) is 0 Å². The number of nitrogens with zero attached hydrogens (tertiary/aromatic N) is 2. The number of nitrogens with one attached hydrogen (secondary N) is 1. The molecule has 0 unspecified atom stereocenters. The molecule has 2 aliphatic rings. The van der Waals surface area contributed by atoms with E-state index in [0.717, 1.165) is 31.9 Å². The molecule has 0 saturated carbocycles. The van der Waals surface area contributed by atoms with Crippen molar-refractivity contribution >= 4 is 28.7 Å². The second-order valence-electron chi connectivity index (χ2n) is 8.31. The molecule has 2 aliphatic heterocycles. The van der Waals surface area contributed by atoms with Crippen LogP contribution in [0.1, 0.15) is 33.3 Å². The van der Waals surface area contributed by atoms with Gasteiger partial charge in [-0.25, -0.2) is 0 Å². The quantitative estimate of drug-likeness (QED) is 0.467. The molecule has 0 fully saturated rings. The van der Waals surface area contributed by atoms with Gasteiger partial charge in [-0.05, 0) is 39.1 Å². The number of hydrogen-bond donors (Lipinski definition) is 1. The molecule has 5 rings (SSSR count). The number of likely N-dealkylation sites (N-methyl/N-ethyl adjacent to an activating group) is 1. The minimum Gasteiger partial charge on any atom is -0.483 e. The maximum absolute atomic E-state index is 6.38. The van der Waals surface area contributed by atoms with Crippen molar-refractivity contribution in [2.24, 2.45) is 0 Å². The van der Waals surface area contributed by atoms with Crippen LogP contribution in [-0.2, 0) is 6.54 Å². The van der Waals surface area contributed by atoms with Crippen molar-refractivity contribution in [1.29, 1.82) is 0 Å². The molecular weight excluding hydrogens is 378 g/mol. The van der Waals surface area contributed by atoms with Gasteiger partial charge in [0.25, 0.3) is 0 Å². The Morgan fingerprint density at radius 2 is 1.97 bits per heavy atom. The highest BCUT2D eigenvalue weighted by Crippen LogP contribution is 2.51. The maximum atomic E-state index is 6.38. The Hall–Kier alpha value is -2.24. The van der Waals surface area contributed by atoms with Crippen molar-refractivity contribution in [3.8, 4) is 17.0 Å². The van der Waals surface area contributed by atoms with E-state index in [-0.39, 0.29) is 5.60 Å². The Labute approximate surface area is 176 Å². The van der Waals surface area contributed by atoms with Crippen LogP contribution in [0.15, 0.2) is 46.2 Å². The Morgan fingerprint density at radius 1 is 1.17 bits per heavy atom. The highest BCUT2D eigenvalue weighted by atomic mass is 32.2. The first kappa shape index (κ1) is 18.8. The van der Waals surface area contributed by atoms with Gasteiger partial charge in [0.05, 0.1) is 18.0 Å². The van der Waals surface area contributed by atoms with E-state index in [9.17, 15) is 0 Å². The Balaban J connectivity index is 1.71. The van der Waals surface area contributed by atoms with Crippen LogP contribution in [0.3, 0.4) is 0 Å². The van der Waals surface area contributed by atoms with Gasteiger partial charge in [-0.2, -0.15) is 5.10 Å². The standard InChI is InChI=1S/C24H27N3OS/c1-5-26(6-2)13-14-27-18-15-19-16(11-12-24(3,4)28-19)23-21(18)22(25-27)17-9-7-8-10-20(17)29-23/h7-12,15H,5-6,13-14H2,1-4H3/p+1. The lowest BCUT2D eigenvalue weighted by Crippen LogP contribution is -2.42. The molecule has 0 aliphatic carbocycles. The van der Waals surface area contributed by atoms with Crippen molar-refractivity contribution < 1.29 is 9.42 Å². The molecule has 3 heterocycles. The SMILES string of the molecule is CCN(CC)CC[n+]1[nH]c2c3c(c4c(cc31)OC(C)(C)C=C4)Sc1ccccc1-2. The second-order valence-corrected chi connectivity index (χ2v) is 9.37. The fraction of sp³-hybridized carbons (Fsp3) is 0.375. The summed E-state index contributed by atoms with van der Waals surface area (Å²) in [6.45, 7) is 12.8. The van der Waals surface area contributed by atoms with Crippen LogP contribution >= 0.6 is 11.8 Å². The second kappa shape index (κ2) is 6.92. The fourth-order valence-corrected chi connectivity index (χ4v) is 5.55. The van der Waals surface area contributed by atoms with Crippen LogP contribution in [0.25, 0.3) is 28.2 Å². The number of fused-ring (bicyclic) bond motifs is 4. The van der Waals surface area contributed by atoms with Gasteiger partial charge in [-0.15, -0.1) is 4.68 Å². The average Bonchev–Trinajstić information content (AvgIpc) is 3.07. The Kier molecular flexibility index (Phi) is 4.48. The summed E-state index contributed by atoms with van der Waals surface area (Å²) >= 11 is 1.86. The summed E-state index contributed by atoms with van der Waals surface area (Å²) in [6.07, 6.45) is 4.41. The van der Waals surface area contributed by atoms with Crippen LogP contribution < -0.4 is 9.42 Å². The van der Waals surface area contributed by atoms with Gasteiger partial charge in [0.15, 0.2) is 6.54 Å². The molecular formula is C24H28N3OS+. The number of benzene rings is 2. The van der Waals surface area contributed by atoms with Crippen LogP contribution in [0.2, 0.25) is 0 Å². The number of rotatable bonds is 5. The zero-order valence-corrected chi connectivity index (χ0v) is 18.4. The summed E-state index contributed by atoms with van der Waals surface area (Å²) in [5.74, 6) is 0.981. The van der Waals surface area contributed by atoms with Crippen LogP contribution in [-0.4, -0.2) is 35.2 Å². The normalized spacial score (nSPS) is 16.0. The number of aromatic nitrogens is 2. The van der Waals surface area contributed by atoms with E-state index in [0.29, 0.717) is 0 Å². The van der Waals surface area contributed by atoms with E-state index in [1.54, 1.807) is 0 Å². The van der Waals surface area contributed by atoms with Gasteiger partial charge in [-0.1, -0.05) is 49.9 Å². The molecule has 4 nitrogen and oxygen atoms in total. The molecule has 29 heavy (non-hydrogen) atoms. The van der Waals surface area contributed by atoms with Gasteiger partial charge < -0.3 is 4.74 Å². The highest BCUT2D eigenvalue weighted by Gasteiger charge is 2.34. The first-order valence-electron chi connectivity index (χ1n) is 10.5. The average molecular weight is 407 g/mol. The molecule has 3 aromatic rings. The fourth-order valence-electron chi connectivity index (χ4n) is 4.32. The molecule has 0 radical (unpaired) electrons. The van der Waals surface area contributed by atoms with Gasteiger partial charge in [0, 0.05) is 20.9 Å². The van der Waals surface area contributed by atoms with E-state index in [4.69, 9.17) is 4.74 Å². The van der Waals surface area contributed by atoms with Crippen molar-refractivity contribution in [1.82, 2.24) is 10.00 Å². The molecule has 0 atom stereocenters. The third-order valence-corrected chi connectivity index (χ3v) is 7.18. The third-order valence-electron chi connectivity index (χ3n) is 5.98. The number of H-pyrrole nitrogens is 1. The maximum Gasteiger partial charge on any atom is 0.243 e. The molecule has 0 saturated heterocycles. The summed E-state index contributed by atoms with van der Waals surface area (Å²) in [7, 11) is 0. The van der Waals surface area contributed by atoms with Gasteiger partial charge >= 0.3 is 0 Å². The van der Waals surface area contributed by atoms with E-state index in [2.05, 4.69) is 84.9 Å². The zero-order valence-electron chi connectivity index (χ0n) is 17.6. The van der Waals surface area contributed by atoms with Crippen LogP contribution in [0.4, 0.5) is 0 Å². The highest BCUT2D eigenvalue weighted by molar-refractivity contribution is 8.00. The molecule has 1 aromatic heterocycles. The van der Waals surface area contributed by atoms with Crippen molar-refractivity contribution in [3.63, 3.8) is 0 Å². The number of aromatic amines is 1. The topological polar surface area (TPSA) is 32.1 Å². The molecule has 0 amide bonds. The van der Waals surface area contributed by atoms with E-state index >= 15 is 0 Å². The Morgan fingerprint density at radius 3 is 2.76 bits per heavy atom. The predicted molar refractivity (Wildman–Crippen MR) is 120 cm³/mol. The molecule has 0 spiro atoms. The van der Waals surface area contributed by atoms with Crippen molar-refractivity contribution in [3.05, 3.63) is 42.0 Å². The van der Waals surface area contributed by atoms with E-state index in [1.165, 1.54) is 37.5 Å². The molecule has 1 N–H and O–H groups in total. The van der Waals surface area contributed by atoms with Crippen LogP contribution in [0.5, 0.6) is 5.75 Å². The smallest absolute Gasteiger partial charge is 0.243 e. The molecule has 2 aromatic carbocycles. The molecule has 150 valence electrons. The minimum atomic E-state index is -0.282. The van der Waals surface area contributed by atoms with Gasteiger partial charge in [0.1, 0.15) is 17.0 Å². The third kappa shape index (κ3) is 3.08. The predicted octanol–water partition coefficient (Wildman–Crippen LogP) is 5.11. The summed E-state index contributed by atoms with van der Waals surface area (Å²) in [5, 5.41) is 5.05. The van der Waals surface area contributed by atoms with E-state index in [1.807, 2.05) is 11.8 Å². The van der Waals surface area contributed by atoms with Crippen molar-refractivity contribution in [2.75, 3.05) is 19.6 Å². The number of ether oxygens (including phenoxy) is 1. The molecule has 0 bridgehead atoms. The monoisotopic (exact) mass is 406 g/mol. The summed E-state index contributed by atoms with van der Waals surface area (Å²) in [4.78, 5) is 5.06. The largest absolute Gasteiger partial charge is 0.483 e. The first-order chi connectivity index (χ1) is 14.0. The summed E-state index contributed by atoms with van der Waals surface area (Å²) in [6, 6.07) is 10.9. The summed E-state index contributed by atoms with van der Waals surface area (Å²) in [5.41, 5.74) is 4.67. The first-order valence-corrected chi connectivity index (χ1v) is 11.3. The van der Waals surface area contributed by atoms with Gasteiger partial charge in [0.2, 0.25) is 5.52 Å². The lowest BCUT2D eigenvalue weighted by atomic mass is 9.99. The minimum absolute atomic E-state index is 0.282. The van der Waals surface area contributed by atoms with Gasteiger partial charge in [-0.3, -0.25) is 4.90 Å². The lowest BCUT2D eigenvalue weighted by molar-refractivity contribution is -0.725. The summed E-state index contributed by atoms with van der Waals surface area (Å²) < 4.78 is 8.69. The Bertz CT molecular complexity index is 1120. The number of hydrogen-bond acceptors (Lipinski definition) is 3. The van der Waals surface area contributed by atoms with Crippen molar-refractivity contribution in [2.45, 2.75) is 49.6 Å². The zero-order chi connectivity index (χ0) is 20.2.